The van der Waals surface area contributed by atoms with E-state index in [1.807, 2.05) is 6.08 Å². The third-order valence-electron chi connectivity index (χ3n) is 1.91. The van der Waals surface area contributed by atoms with Gasteiger partial charge in [-0.2, -0.15) is 0 Å². The van der Waals surface area contributed by atoms with Crippen molar-refractivity contribution in [1.29, 1.82) is 0 Å². The third-order valence-corrected chi connectivity index (χ3v) is 1.91. The van der Waals surface area contributed by atoms with E-state index in [0.717, 1.165) is 17.5 Å². The molecule has 2 rings (SSSR count). The van der Waals surface area contributed by atoms with E-state index < -0.39 is 0 Å². The number of allylic oxidation sites excluding steroid dienone is 4. The van der Waals surface area contributed by atoms with Crippen LogP contribution in [0.4, 0.5) is 0 Å². The molecule has 1 fully saturated rings. The molecule has 0 aromatic heterocycles. The van der Waals surface area contributed by atoms with Gasteiger partial charge in [-0.25, -0.2) is 0 Å². The molecule has 0 aliphatic heterocycles. The lowest BCUT2D eigenvalue weighted by Crippen LogP contribution is -2.01. The largest absolute Gasteiger partial charge is 0.402 e. The predicted octanol–water partition coefficient (Wildman–Crippen LogP) is 1.03. The molecule has 0 radical (unpaired) electrons. The summed E-state index contributed by atoms with van der Waals surface area (Å²) in [5.41, 5.74) is 6.71. The zero-order valence-corrected chi connectivity index (χ0v) is 4.67. The maximum atomic E-state index is 5.63. The molecule has 0 bridgehead atoms. The molecule has 0 aromatic rings. The van der Waals surface area contributed by atoms with Crippen molar-refractivity contribution < 1.29 is 0 Å². The van der Waals surface area contributed by atoms with Crippen molar-refractivity contribution in [2.24, 2.45) is 17.6 Å². The molecule has 2 N–H and O–H groups in total. The molecule has 1 nitrogen and oxygen atoms in total. The minimum Gasteiger partial charge on any atom is -0.402 e. The van der Waals surface area contributed by atoms with Gasteiger partial charge >= 0.3 is 0 Å². The van der Waals surface area contributed by atoms with Gasteiger partial charge in [0.15, 0.2) is 0 Å². The van der Waals surface area contributed by atoms with E-state index in [-0.39, 0.29) is 0 Å². The van der Waals surface area contributed by atoms with Gasteiger partial charge in [-0.05, 0) is 18.4 Å². The maximum absolute atomic E-state index is 5.63. The van der Waals surface area contributed by atoms with Gasteiger partial charge in [-0.15, -0.1) is 0 Å². The molecule has 42 valence electrons. The van der Waals surface area contributed by atoms with Crippen molar-refractivity contribution in [2.75, 3.05) is 0 Å². The Balaban J connectivity index is 2.30. The highest BCUT2D eigenvalue weighted by Gasteiger charge is 2.37. The summed E-state index contributed by atoms with van der Waals surface area (Å²) in [5, 5.41) is 0. The highest BCUT2D eigenvalue weighted by Crippen LogP contribution is 2.45. The zero-order valence-electron chi connectivity index (χ0n) is 4.67. The first-order valence-corrected chi connectivity index (χ1v) is 3.02. The standard InChI is InChI=1S/C7H9N/c8-7-3-1-2-5-4-6(5)7/h1-3,5-6H,4,8H2. The SMILES string of the molecule is NC1=CC=CC2CC12. The predicted molar refractivity (Wildman–Crippen MR) is 33.0 cm³/mol. The van der Waals surface area contributed by atoms with Crippen molar-refractivity contribution in [3.05, 3.63) is 23.9 Å². The van der Waals surface area contributed by atoms with Gasteiger partial charge in [0, 0.05) is 11.6 Å². The first-order chi connectivity index (χ1) is 3.88. The van der Waals surface area contributed by atoms with Crippen LogP contribution in [0.3, 0.4) is 0 Å². The van der Waals surface area contributed by atoms with E-state index in [4.69, 9.17) is 5.73 Å². The molecule has 2 aliphatic rings. The zero-order chi connectivity index (χ0) is 5.56. The van der Waals surface area contributed by atoms with Gasteiger partial charge in [0.05, 0.1) is 0 Å². The lowest BCUT2D eigenvalue weighted by Gasteiger charge is -1.98. The van der Waals surface area contributed by atoms with E-state index in [1.165, 1.54) is 6.42 Å². The van der Waals surface area contributed by atoms with Gasteiger partial charge in [-0.3, -0.25) is 0 Å². The average Bonchev–Trinajstić information content (AvgIpc) is 2.45. The van der Waals surface area contributed by atoms with Crippen LogP contribution in [0.25, 0.3) is 0 Å². The molecule has 2 aliphatic carbocycles. The van der Waals surface area contributed by atoms with Gasteiger partial charge in [0.2, 0.25) is 0 Å². The fourth-order valence-corrected chi connectivity index (χ4v) is 1.24. The number of hydrogen-bond acceptors (Lipinski definition) is 1. The summed E-state index contributed by atoms with van der Waals surface area (Å²) < 4.78 is 0. The number of rotatable bonds is 0. The Labute approximate surface area is 48.9 Å². The van der Waals surface area contributed by atoms with E-state index >= 15 is 0 Å². The van der Waals surface area contributed by atoms with Crippen LogP contribution in [0.15, 0.2) is 23.9 Å². The molecule has 0 aromatic carbocycles. The van der Waals surface area contributed by atoms with Crippen molar-refractivity contribution in [2.45, 2.75) is 6.42 Å². The summed E-state index contributed by atoms with van der Waals surface area (Å²) in [5.74, 6) is 1.53. The number of nitrogens with two attached hydrogens (primary N) is 1. The molecule has 0 spiro atoms. The summed E-state index contributed by atoms with van der Waals surface area (Å²) in [6, 6.07) is 0. The Bertz CT molecular complexity index is 167. The summed E-state index contributed by atoms with van der Waals surface area (Å²) >= 11 is 0. The van der Waals surface area contributed by atoms with Crippen molar-refractivity contribution >= 4 is 0 Å². The van der Waals surface area contributed by atoms with Crippen LogP contribution in [0, 0.1) is 11.8 Å². The molecular weight excluding hydrogens is 98.1 g/mol. The second kappa shape index (κ2) is 1.16. The monoisotopic (exact) mass is 107 g/mol. The molecule has 1 heteroatoms. The minimum absolute atomic E-state index is 0.722. The molecular formula is C7H9N. The fourth-order valence-electron chi connectivity index (χ4n) is 1.24. The van der Waals surface area contributed by atoms with Crippen LogP contribution in [-0.4, -0.2) is 0 Å². The topological polar surface area (TPSA) is 26.0 Å². The molecule has 8 heavy (non-hydrogen) atoms. The summed E-state index contributed by atoms with van der Waals surface area (Å²) in [7, 11) is 0. The summed E-state index contributed by atoms with van der Waals surface area (Å²) in [6.45, 7) is 0. The lowest BCUT2D eigenvalue weighted by molar-refractivity contribution is 0.893. The second-order valence-corrected chi connectivity index (χ2v) is 2.56. The van der Waals surface area contributed by atoms with Crippen LogP contribution in [0.2, 0.25) is 0 Å². The van der Waals surface area contributed by atoms with Gasteiger partial charge in [0.1, 0.15) is 0 Å². The molecule has 1 saturated carbocycles. The van der Waals surface area contributed by atoms with Crippen molar-refractivity contribution in [3.8, 4) is 0 Å². The molecule has 2 unspecified atom stereocenters. The first-order valence-electron chi connectivity index (χ1n) is 3.02. The number of hydrogen-bond donors (Lipinski definition) is 1. The Morgan fingerprint density at radius 1 is 1.62 bits per heavy atom. The van der Waals surface area contributed by atoms with E-state index in [2.05, 4.69) is 12.2 Å². The van der Waals surface area contributed by atoms with Crippen LogP contribution >= 0.6 is 0 Å². The van der Waals surface area contributed by atoms with Crippen LogP contribution in [0.5, 0.6) is 0 Å². The Kier molecular flexibility index (Phi) is 0.608. The normalized spacial score (nSPS) is 40.8. The second-order valence-electron chi connectivity index (χ2n) is 2.56. The van der Waals surface area contributed by atoms with E-state index in [0.29, 0.717) is 0 Å². The van der Waals surface area contributed by atoms with Gasteiger partial charge in [-0.1, -0.05) is 12.2 Å². The van der Waals surface area contributed by atoms with Gasteiger partial charge in [0.25, 0.3) is 0 Å². The molecule has 0 heterocycles. The Morgan fingerprint density at radius 3 is 3.12 bits per heavy atom. The van der Waals surface area contributed by atoms with Crippen molar-refractivity contribution in [3.63, 3.8) is 0 Å². The Morgan fingerprint density at radius 2 is 2.50 bits per heavy atom. The van der Waals surface area contributed by atoms with Gasteiger partial charge < -0.3 is 5.73 Å². The van der Waals surface area contributed by atoms with Crippen molar-refractivity contribution in [1.82, 2.24) is 0 Å². The number of fused-ring (bicyclic) bond motifs is 1. The van der Waals surface area contributed by atoms with E-state index in [1.54, 1.807) is 0 Å². The van der Waals surface area contributed by atoms with Crippen LogP contribution in [-0.2, 0) is 0 Å². The van der Waals surface area contributed by atoms with Crippen LogP contribution < -0.4 is 5.73 Å². The smallest absolute Gasteiger partial charge is 0.0118 e. The fraction of sp³-hybridized carbons (Fsp3) is 0.429. The average molecular weight is 107 g/mol. The minimum atomic E-state index is 0.722. The summed E-state index contributed by atoms with van der Waals surface area (Å²) in [6.07, 6.45) is 7.59. The Hall–Kier alpha value is -0.720. The third kappa shape index (κ3) is 0.414. The highest BCUT2D eigenvalue weighted by atomic mass is 14.7. The van der Waals surface area contributed by atoms with Crippen LogP contribution in [0.1, 0.15) is 6.42 Å². The first kappa shape index (κ1) is 4.19. The molecule has 2 atom stereocenters. The highest BCUT2D eigenvalue weighted by molar-refractivity contribution is 5.27. The quantitative estimate of drug-likeness (QED) is 0.491. The molecule has 0 amide bonds. The van der Waals surface area contributed by atoms with E-state index in [9.17, 15) is 0 Å². The maximum Gasteiger partial charge on any atom is 0.0118 e. The summed E-state index contributed by atoms with van der Waals surface area (Å²) in [4.78, 5) is 0. The molecule has 0 saturated heterocycles. The lowest BCUT2D eigenvalue weighted by atomic mass is 10.1.